The van der Waals surface area contributed by atoms with E-state index in [-0.39, 0.29) is 19.1 Å². The van der Waals surface area contributed by atoms with Crippen LogP contribution >= 0.6 is 0 Å². The number of hydrogen-bond acceptors (Lipinski definition) is 5. The number of anilines is 1. The molecular formula is C12H17N3O3. The number of aliphatic hydroxyl groups is 1. The van der Waals surface area contributed by atoms with Crippen molar-refractivity contribution in [1.82, 2.24) is 5.32 Å². The predicted molar refractivity (Wildman–Crippen MR) is 67.3 cm³/mol. The van der Waals surface area contributed by atoms with Crippen LogP contribution in [-0.2, 0) is 11.3 Å². The van der Waals surface area contributed by atoms with Crippen LogP contribution in [0.3, 0.4) is 0 Å². The van der Waals surface area contributed by atoms with Crippen molar-refractivity contribution in [3.63, 3.8) is 0 Å². The zero-order valence-corrected chi connectivity index (χ0v) is 9.98. The molecule has 0 aliphatic carbocycles. The first kappa shape index (κ1) is 12.8. The summed E-state index contributed by atoms with van der Waals surface area (Å²) in [6.07, 6.45) is -0.536. The van der Waals surface area contributed by atoms with Gasteiger partial charge in [0.25, 0.3) is 5.91 Å². The zero-order chi connectivity index (χ0) is 13.0. The Morgan fingerprint density at radius 1 is 1.56 bits per heavy atom. The molecule has 1 aliphatic rings. The largest absolute Gasteiger partial charge is 0.482 e. The molecule has 0 saturated heterocycles. The molecule has 0 aromatic heterocycles. The predicted octanol–water partition coefficient (Wildman–Crippen LogP) is -0.573. The monoisotopic (exact) mass is 251 g/mol. The standard InChI is InChI=1S/C12H17N3O3/c13-4-9(16)6-14-5-8-1-2-11-10(3-8)15-12(17)7-18-11/h1-3,9,14,16H,4-7,13H2,(H,15,17). The van der Waals surface area contributed by atoms with Crippen LogP contribution in [0.1, 0.15) is 5.56 Å². The van der Waals surface area contributed by atoms with Gasteiger partial charge in [-0.1, -0.05) is 6.07 Å². The minimum absolute atomic E-state index is 0.0628. The number of amides is 1. The molecule has 1 amide bonds. The summed E-state index contributed by atoms with van der Waals surface area (Å²) >= 11 is 0. The van der Waals surface area contributed by atoms with Crippen LogP contribution in [0.25, 0.3) is 0 Å². The quantitative estimate of drug-likeness (QED) is 0.562. The molecule has 6 heteroatoms. The lowest BCUT2D eigenvalue weighted by Gasteiger charge is -2.18. The maximum atomic E-state index is 11.2. The third-order valence-electron chi connectivity index (χ3n) is 2.66. The second kappa shape index (κ2) is 5.81. The summed E-state index contributed by atoms with van der Waals surface area (Å²) in [6, 6.07) is 5.59. The molecule has 1 unspecified atom stereocenters. The van der Waals surface area contributed by atoms with Crippen LogP contribution in [0.5, 0.6) is 5.75 Å². The van der Waals surface area contributed by atoms with E-state index in [1.807, 2.05) is 18.2 Å². The van der Waals surface area contributed by atoms with Crippen LogP contribution in [0.4, 0.5) is 5.69 Å². The molecule has 2 rings (SSSR count). The Labute approximate surface area is 105 Å². The van der Waals surface area contributed by atoms with E-state index < -0.39 is 6.10 Å². The van der Waals surface area contributed by atoms with E-state index in [1.54, 1.807) is 0 Å². The summed E-state index contributed by atoms with van der Waals surface area (Å²) < 4.78 is 5.26. The molecule has 98 valence electrons. The highest BCUT2D eigenvalue weighted by Crippen LogP contribution is 2.28. The van der Waals surface area contributed by atoms with E-state index in [9.17, 15) is 9.90 Å². The number of ether oxygens (including phenoxy) is 1. The van der Waals surface area contributed by atoms with Gasteiger partial charge in [-0.05, 0) is 17.7 Å². The van der Waals surface area contributed by atoms with Crippen molar-refractivity contribution in [3.05, 3.63) is 23.8 Å². The van der Waals surface area contributed by atoms with Gasteiger partial charge in [-0.2, -0.15) is 0 Å². The SMILES string of the molecule is NCC(O)CNCc1ccc2c(c1)NC(=O)CO2. The Morgan fingerprint density at radius 2 is 2.39 bits per heavy atom. The molecule has 18 heavy (non-hydrogen) atoms. The molecule has 6 nitrogen and oxygen atoms in total. The maximum Gasteiger partial charge on any atom is 0.262 e. The number of nitrogens with two attached hydrogens (primary N) is 1. The van der Waals surface area contributed by atoms with Gasteiger partial charge in [0.1, 0.15) is 5.75 Å². The lowest BCUT2D eigenvalue weighted by molar-refractivity contribution is -0.118. The Bertz CT molecular complexity index is 437. The van der Waals surface area contributed by atoms with Crippen LogP contribution in [0.2, 0.25) is 0 Å². The molecule has 1 heterocycles. The number of carbonyl (C=O) groups is 1. The van der Waals surface area contributed by atoms with Gasteiger partial charge in [-0.3, -0.25) is 4.79 Å². The van der Waals surface area contributed by atoms with Gasteiger partial charge in [0.05, 0.1) is 11.8 Å². The van der Waals surface area contributed by atoms with E-state index in [4.69, 9.17) is 10.5 Å². The van der Waals surface area contributed by atoms with Crippen LogP contribution < -0.4 is 21.1 Å². The van der Waals surface area contributed by atoms with Gasteiger partial charge in [-0.25, -0.2) is 0 Å². The summed E-state index contributed by atoms with van der Waals surface area (Å²) in [5.74, 6) is 0.534. The molecule has 1 aromatic carbocycles. The number of aliphatic hydroxyl groups excluding tert-OH is 1. The van der Waals surface area contributed by atoms with E-state index >= 15 is 0 Å². The highest BCUT2D eigenvalue weighted by atomic mass is 16.5. The second-order valence-electron chi connectivity index (χ2n) is 4.19. The van der Waals surface area contributed by atoms with Gasteiger partial charge in [0.15, 0.2) is 6.61 Å². The van der Waals surface area contributed by atoms with Gasteiger partial charge in [0, 0.05) is 19.6 Å². The molecule has 0 fully saturated rings. The van der Waals surface area contributed by atoms with Crippen molar-refractivity contribution in [2.24, 2.45) is 5.73 Å². The average molecular weight is 251 g/mol. The van der Waals surface area contributed by atoms with Crippen molar-refractivity contribution in [1.29, 1.82) is 0 Å². The fourth-order valence-electron chi connectivity index (χ4n) is 1.71. The van der Waals surface area contributed by atoms with E-state index in [0.717, 1.165) is 5.56 Å². The molecule has 1 aliphatic heterocycles. The molecular weight excluding hydrogens is 234 g/mol. The van der Waals surface area contributed by atoms with Gasteiger partial charge < -0.3 is 26.2 Å². The van der Waals surface area contributed by atoms with Crippen LogP contribution in [-0.4, -0.2) is 36.8 Å². The normalized spacial score (nSPS) is 15.6. The fourth-order valence-corrected chi connectivity index (χ4v) is 1.71. The Kier molecular flexibility index (Phi) is 4.14. The van der Waals surface area contributed by atoms with Crippen molar-refractivity contribution >= 4 is 11.6 Å². The smallest absolute Gasteiger partial charge is 0.262 e. The average Bonchev–Trinajstić information content (AvgIpc) is 2.38. The molecule has 0 radical (unpaired) electrons. The summed E-state index contributed by atoms with van der Waals surface area (Å²) in [6.45, 7) is 1.34. The van der Waals surface area contributed by atoms with Crippen molar-refractivity contribution < 1.29 is 14.6 Å². The third-order valence-corrected chi connectivity index (χ3v) is 2.66. The summed E-state index contributed by atoms with van der Waals surface area (Å²) in [7, 11) is 0. The lowest BCUT2D eigenvalue weighted by Crippen LogP contribution is -2.32. The third kappa shape index (κ3) is 3.19. The molecule has 1 atom stereocenters. The number of carbonyl (C=O) groups excluding carboxylic acids is 1. The van der Waals surface area contributed by atoms with Crippen molar-refractivity contribution in [2.75, 3.05) is 25.0 Å². The number of fused-ring (bicyclic) bond motifs is 1. The number of rotatable bonds is 5. The van der Waals surface area contributed by atoms with E-state index in [0.29, 0.717) is 24.5 Å². The highest BCUT2D eigenvalue weighted by molar-refractivity contribution is 5.95. The van der Waals surface area contributed by atoms with Crippen molar-refractivity contribution in [2.45, 2.75) is 12.6 Å². The molecule has 0 saturated carbocycles. The van der Waals surface area contributed by atoms with Crippen LogP contribution in [0, 0.1) is 0 Å². The molecule has 1 aromatic rings. The number of benzene rings is 1. The molecule has 0 spiro atoms. The van der Waals surface area contributed by atoms with E-state index in [2.05, 4.69) is 10.6 Å². The van der Waals surface area contributed by atoms with Crippen molar-refractivity contribution in [3.8, 4) is 5.75 Å². The summed E-state index contributed by atoms with van der Waals surface area (Å²) in [4.78, 5) is 11.2. The highest BCUT2D eigenvalue weighted by Gasteiger charge is 2.15. The Morgan fingerprint density at radius 3 is 3.17 bits per heavy atom. The molecule has 0 bridgehead atoms. The minimum atomic E-state index is -0.536. The summed E-state index contributed by atoms with van der Waals surface area (Å²) in [5.41, 5.74) is 6.99. The van der Waals surface area contributed by atoms with Crippen LogP contribution in [0.15, 0.2) is 18.2 Å². The van der Waals surface area contributed by atoms with E-state index in [1.165, 1.54) is 0 Å². The Balaban J connectivity index is 1.94. The first-order chi connectivity index (χ1) is 8.69. The maximum absolute atomic E-state index is 11.2. The number of hydrogen-bond donors (Lipinski definition) is 4. The van der Waals surface area contributed by atoms with Gasteiger partial charge in [-0.15, -0.1) is 0 Å². The zero-order valence-electron chi connectivity index (χ0n) is 9.98. The van der Waals surface area contributed by atoms with Gasteiger partial charge >= 0.3 is 0 Å². The second-order valence-corrected chi connectivity index (χ2v) is 4.19. The Hall–Kier alpha value is -1.63. The number of nitrogens with one attached hydrogen (secondary N) is 2. The lowest BCUT2D eigenvalue weighted by atomic mass is 10.1. The first-order valence-corrected chi connectivity index (χ1v) is 5.83. The summed E-state index contributed by atoms with van der Waals surface area (Å²) in [5, 5.41) is 15.1. The topological polar surface area (TPSA) is 96.6 Å². The molecule has 5 N–H and O–H groups in total. The van der Waals surface area contributed by atoms with Gasteiger partial charge in [0.2, 0.25) is 0 Å². The minimum Gasteiger partial charge on any atom is -0.482 e. The fraction of sp³-hybridized carbons (Fsp3) is 0.417. The first-order valence-electron chi connectivity index (χ1n) is 5.83.